The van der Waals surface area contributed by atoms with Crippen LogP contribution in [0.1, 0.15) is 16.2 Å². The van der Waals surface area contributed by atoms with Gasteiger partial charge < -0.3 is 10.5 Å². The van der Waals surface area contributed by atoms with Crippen molar-refractivity contribution in [2.45, 2.75) is 0 Å². The van der Waals surface area contributed by atoms with E-state index in [1.54, 1.807) is 48.4 Å². The number of carbonyl (C=O) groups is 1. The second kappa shape index (κ2) is 8.53. The van der Waals surface area contributed by atoms with E-state index in [-0.39, 0.29) is 17.2 Å². The van der Waals surface area contributed by atoms with Crippen LogP contribution in [-0.2, 0) is 7.05 Å². The number of nitrogens with two attached hydrogens (primary N) is 1. The van der Waals surface area contributed by atoms with Crippen LogP contribution in [0.2, 0.25) is 5.02 Å². The zero-order valence-corrected chi connectivity index (χ0v) is 19.0. The maximum absolute atomic E-state index is 13.2. The van der Waals surface area contributed by atoms with Crippen LogP contribution < -0.4 is 10.5 Å². The standard InChI is InChI=1S/C24H18ClN7O2/c1-32-9-7-17(31-32)21-20(14-10-13-4-3-8-27-19(13)16(25)11-14)29-22(24(26)30-21)23(33)18-6-5-15(34-2)12-28-18/h3-12H,1-2H3,(H2,26,30). The number of nitrogen functional groups attached to an aromatic ring is 1. The summed E-state index contributed by atoms with van der Waals surface area (Å²) in [5.41, 5.74) is 9.06. The number of carbonyl (C=O) groups excluding carboxylic acids is 1. The van der Waals surface area contributed by atoms with Gasteiger partial charge >= 0.3 is 0 Å². The fourth-order valence-corrected chi connectivity index (χ4v) is 3.85. The molecule has 1 aromatic carbocycles. The Bertz CT molecular complexity index is 1550. The first-order chi connectivity index (χ1) is 16.4. The number of benzene rings is 1. The van der Waals surface area contributed by atoms with E-state index in [1.807, 2.05) is 18.2 Å². The molecule has 0 amide bonds. The van der Waals surface area contributed by atoms with Gasteiger partial charge in [0.15, 0.2) is 11.5 Å². The predicted molar refractivity (Wildman–Crippen MR) is 129 cm³/mol. The molecule has 0 bridgehead atoms. The Morgan fingerprint density at radius 1 is 1.09 bits per heavy atom. The summed E-state index contributed by atoms with van der Waals surface area (Å²) in [7, 11) is 3.32. The maximum atomic E-state index is 13.2. The van der Waals surface area contributed by atoms with E-state index >= 15 is 0 Å². The van der Waals surface area contributed by atoms with Gasteiger partial charge in [-0.3, -0.25) is 14.5 Å². The van der Waals surface area contributed by atoms with Gasteiger partial charge in [-0.05, 0) is 36.4 Å². The summed E-state index contributed by atoms with van der Waals surface area (Å²) in [5, 5.41) is 5.71. The second-order valence-electron chi connectivity index (χ2n) is 7.47. The fourth-order valence-electron chi connectivity index (χ4n) is 3.58. The zero-order chi connectivity index (χ0) is 23.8. The first-order valence-corrected chi connectivity index (χ1v) is 10.6. The number of ether oxygens (including phenoxy) is 1. The van der Waals surface area contributed by atoms with Gasteiger partial charge in [0.05, 0.1) is 29.5 Å². The van der Waals surface area contributed by atoms with Crippen molar-refractivity contribution >= 4 is 34.1 Å². The quantitative estimate of drug-likeness (QED) is 0.382. The summed E-state index contributed by atoms with van der Waals surface area (Å²) in [6.07, 6.45) is 4.92. The minimum atomic E-state index is -0.463. The van der Waals surface area contributed by atoms with Crippen molar-refractivity contribution in [3.8, 4) is 28.4 Å². The van der Waals surface area contributed by atoms with Crippen LogP contribution in [0.25, 0.3) is 33.5 Å². The molecular formula is C24H18ClN7O2. The fraction of sp³-hybridized carbons (Fsp3) is 0.0833. The van der Waals surface area contributed by atoms with Gasteiger partial charge in [0.25, 0.3) is 0 Å². The Morgan fingerprint density at radius 2 is 1.94 bits per heavy atom. The third kappa shape index (κ3) is 3.82. The lowest BCUT2D eigenvalue weighted by molar-refractivity contribution is 0.103. The third-order valence-electron chi connectivity index (χ3n) is 5.23. The summed E-state index contributed by atoms with van der Waals surface area (Å²) in [6, 6.07) is 12.3. The van der Waals surface area contributed by atoms with Crippen molar-refractivity contribution in [1.82, 2.24) is 29.7 Å². The molecule has 168 valence electrons. The minimum absolute atomic E-state index is 0.0187. The van der Waals surface area contributed by atoms with Gasteiger partial charge in [-0.15, -0.1) is 0 Å². The summed E-state index contributed by atoms with van der Waals surface area (Å²) in [6.45, 7) is 0. The molecule has 0 aliphatic carbocycles. The number of hydrogen-bond acceptors (Lipinski definition) is 8. The SMILES string of the molecule is COc1ccc(C(=O)c2nc(-c3cc(Cl)c4ncccc4c3)c(-c3ccn(C)n3)nc2N)nc1. The van der Waals surface area contributed by atoms with E-state index in [9.17, 15) is 4.79 Å². The van der Waals surface area contributed by atoms with Gasteiger partial charge in [0.2, 0.25) is 5.78 Å². The number of ketones is 1. The molecule has 0 atom stereocenters. The Morgan fingerprint density at radius 3 is 2.65 bits per heavy atom. The van der Waals surface area contributed by atoms with Crippen LogP contribution in [0.3, 0.4) is 0 Å². The lowest BCUT2D eigenvalue weighted by Crippen LogP contribution is -2.13. The Labute approximate surface area is 199 Å². The van der Waals surface area contributed by atoms with Crippen molar-refractivity contribution < 1.29 is 9.53 Å². The normalized spacial score (nSPS) is 11.0. The molecule has 4 heterocycles. The highest BCUT2D eigenvalue weighted by atomic mass is 35.5. The first kappa shape index (κ1) is 21.5. The van der Waals surface area contributed by atoms with Crippen LogP contribution in [0.15, 0.2) is 61.1 Å². The number of fused-ring (bicyclic) bond motifs is 1. The number of aryl methyl sites for hydroxylation is 1. The number of halogens is 1. The molecule has 9 nitrogen and oxygen atoms in total. The van der Waals surface area contributed by atoms with Crippen molar-refractivity contribution in [3.05, 3.63) is 77.5 Å². The van der Waals surface area contributed by atoms with E-state index in [0.717, 1.165) is 5.39 Å². The summed E-state index contributed by atoms with van der Waals surface area (Å²) < 4.78 is 6.76. The third-order valence-corrected chi connectivity index (χ3v) is 5.52. The predicted octanol–water partition coefficient (Wildman–Crippen LogP) is 3.96. The van der Waals surface area contributed by atoms with Crippen molar-refractivity contribution in [2.75, 3.05) is 12.8 Å². The molecule has 0 aliphatic heterocycles. The summed E-state index contributed by atoms with van der Waals surface area (Å²) >= 11 is 6.53. The van der Waals surface area contributed by atoms with Gasteiger partial charge in [0.1, 0.15) is 22.8 Å². The molecule has 10 heteroatoms. The Balaban J connectivity index is 1.72. The van der Waals surface area contributed by atoms with E-state index in [1.165, 1.54) is 13.3 Å². The van der Waals surface area contributed by atoms with Crippen molar-refractivity contribution in [2.24, 2.45) is 7.05 Å². The molecule has 0 saturated heterocycles. The number of aromatic nitrogens is 6. The van der Waals surface area contributed by atoms with E-state index in [2.05, 4.69) is 25.0 Å². The summed E-state index contributed by atoms with van der Waals surface area (Å²) in [4.78, 5) is 30.9. The first-order valence-electron chi connectivity index (χ1n) is 10.2. The average molecular weight is 472 g/mol. The highest BCUT2D eigenvalue weighted by molar-refractivity contribution is 6.35. The lowest BCUT2D eigenvalue weighted by Gasteiger charge is -2.12. The molecule has 4 aromatic heterocycles. The van der Waals surface area contributed by atoms with Gasteiger partial charge in [-0.1, -0.05) is 17.7 Å². The smallest absolute Gasteiger partial charge is 0.233 e. The molecule has 0 fully saturated rings. The number of rotatable bonds is 5. The maximum Gasteiger partial charge on any atom is 0.233 e. The van der Waals surface area contributed by atoms with E-state index in [4.69, 9.17) is 22.1 Å². The zero-order valence-electron chi connectivity index (χ0n) is 18.2. The van der Waals surface area contributed by atoms with Gasteiger partial charge in [-0.2, -0.15) is 5.10 Å². The molecule has 2 N–H and O–H groups in total. The number of hydrogen-bond donors (Lipinski definition) is 1. The number of nitrogens with zero attached hydrogens (tertiary/aromatic N) is 6. The molecule has 5 aromatic rings. The average Bonchev–Trinajstić information content (AvgIpc) is 3.29. The van der Waals surface area contributed by atoms with Crippen LogP contribution in [0.5, 0.6) is 5.75 Å². The number of methoxy groups -OCH3 is 1. The second-order valence-corrected chi connectivity index (χ2v) is 7.88. The number of pyridine rings is 2. The monoisotopic (exact) mass is 471 g/mol. The topological polar surface area (TPSA) is 122 Å². The molecule has 0 saturated carbocycles. The summed E-state index contributed by atoms with van der Waals surface area (Å²) in [5.74, 6) is 0.0387. The molecular weight excluding hydrogens is 454 g/mol. The van der Waals surface area contributed by atoms with E-state index < -0.39 is 5.78 Å². The van der Waals surface area contributed by atoms with Crippen LogP contribution >= 0.6 is 11.6 Å². The highest BCUT2D eigenvalue weighted by Gasteiger charge is 2.23. The molecule has 0 radical (unpaired) electrons. The number of anilines is 1. The largest absolute Gasteiger partial charge is 0.495 e. The molecule has 5 rings (SSSR count). The highest BCUT2D eigenvalue weighted by Crippen LogP contribution is 2.34. The molecule has 34 heavy (non-hydrogen) atoms. The minimum Gasteiger partial charge on any atom is -0.495 e. The lowest BCUT2D eigenvalue weighted by atomic mass is 10.0. The van der Waals surface area contributed by atoms with Crippen LogP contribution in [0, 0.1) is 0 Å². The van der Waals surface area contributed by atoms with Gasteiger partial charge in [-0.25, -0.2) is 15.0 Å². The molecule has 0 unspecified atom stereocenters. The van der Waals surface area contributed by atoms with Crippen LogP contribution in [-0.4, -0.2) is 42.6 Å². The van der Waals surface area contributed by atoms with E-state index in [0.29, 0.717) is 38.9 Å². The van der Waals surface area contributed by atoms with Gasteiger partial charge in [0, 0.05) is 30.4 Å². The van der Waals surface area contributed by atoms with Crippen LogP contribution in [0.4, 0.5) is 5.82 Å². The molecule has 0 spiro atoms. The van der Waals surface area contributed by atoms with Crippen molar-refractivity contribution in [3.63, 3.8) is 0 Å². The Hall–Kier alpha value is -4.37. The Kier molecular flexibility index (Phi) is 5.39. The molecule has 0 aliphatic rings. The van der Waals surface area contributed by atoms with Crippen molar-refractivity contribution in [1.29, 1.82) is 0 Å².